The number of allylic oxidation sites excluding steroid dienone is 1. The molecule has 2 amide bonds. The first kappa shape index (κ1) is 22.9. The number of Topliss-reactive ketones (excluding diaryl/α,β-unsaturated/α-hetero) is 1. The van der Waals surface area contributed by atoms with Gasteiger partial charge in [-0.3, -0.25) is 14.4 Å². The van der Waals surface area contributed by atoms with Gasteiger partial charge >= 0.3 is 5.91 Å². The zero-order valence-electron chi connectivity index (χ0n) is 16.1. The molecular formula is C19H30N2O5S2. The van der Waals surface area contributed by atoms with Crippen LogP contribution >= 0.6 is 12.6 Å². The monoisotopic (exact) mass is 430 g/mol. The predicted octanol–water partition coefficient (Wildman–Crippen LogP) is 1.98. The third-order valence-electron chi connectivity index (χ3n) is 5.08. The summed E-state index contributed by atoms with van der Waals surface area (Å²) in [6.07, 6.45) is 11.3. The van der Waals surface area contributed by atoms with E-state index in [2.05, 4.69) is 18.7 Å². The lowest BCUT2D eigenvalue weighted by atomic mass is 10.1. The Morgan fingerprint density at radius 3 is 2.43 bits per heavy atom. The fraction of sp³-hybridized carbons (Fsp3) is 0.737. The first-order valence-corrected chi connectivity index (χ1v) is 12.2. The minimum atomic E-state index is -3.76. The first-order chi connectivity index (χ1) is 13.4. The van der Waals surface area contributed by atoms with Gasteiger partial charge in [0, 0.05) is 18.7 Å². The molecule has 0 aromatic heterocycles. The molecule has 1 atom stereocenters. The van der Waals surface area contributed by atoms with Crippen molar-refractivity contribution in [3.63, 3.8) is 0 Å². The topological polar surface area (TPSA) is 101 Å². The SMILES string of the molecule is O=C(NS(=O)(=O)C1CC1)C(=O)C1CCCN1C(=O)CCCCCC/C=C\CS. The van der Waals surface area contributed by atoms with E-state index in [-0.39, 0.29) is 5.91 Å². The second-order valence-corrected chi connectivity index (χ2v) is 9.72. The Morgan fingerprint density at radius 2 is 1.75 bits per heavy atom. The number of carbonyl (C=O) groups is 3. The van der Waals surface area contributed by atoms with Crippen LogP contribution in [0.1, 0.15) is 64.2 Å². The number of unbranched alkanes of at least 4 members (excludes halogenated alkanes) is 4. The summed E-state index contributed by atoms with van der Waals surface area (Å²) in [5.74, 6) is -1.34. The number of rotatable bonds is 12. The van der Waals surface area contributed by atoms with Gasteiger partial charge in [0.25, 0.3) is 0 Å². The number of hydrogen-bond donors (Lipinski definition) is 2. The highest BCUT2D eigenvalue weighted by atomic mass is 32.2. The summed E-state index contributed by atoms with van der Waals surface area (Å²) in [4.78, 5) is 38.4. The van der Waals surface area contributed by atoms with Crippen LogP contribution in [0.25, 0.3) is 0 Å². The number of sulfonamides is 1. The zero-order valence-corrected chi connectivity index (χ0v) is 17.8. The van der Waals surface area contributed by atoms with Crippen LogP contribution in [0.15, 0.2) is 12.2 Å². The van der Waals surface area contributed by atoms with Gasteiger partial charge in [0.15, 0.2) is 0 Å². The van der Waals surface area contributed by atoms with Gasteiger partial charge in [-0.1, -0.05) is 25.0 Å². The smallest absolute Gasteiger partial charge is 0.303 e. The molecule has 158 valence electrons. The average molecular weight is 431 g/mol. The minimum Gasteiger partial charge on any atom is -0.332 e. The quantitative estimate of drug-likeness (QED) is 0.213. The van der Waals surface area contributed by atoms with Gasteiger partial charge in [-0.05, 0) is 44.9 Å². The van der Waals surface area contributed by atoms with Crippen molar-refractivity contribution < 1.29 is 22.8 Å². The summed E-state index contributed by atoms with van der Waals surface area (Å²) in [6, 6.07) is -0.840. The van der Waals surface area contributed by atoms with E-state index in [1.165, 1.54) is 4.90 Å². The molecule has 1 heterocycles. The third kappa shape index (κ3) is 6.92. The van der Waals surface area contributed by atoms with E-state index in [4.69, 9.17) is 0 Å². The van der Waals surface area contributed by atoms with E-state index in [1.807, 2.05) is 10.8 Å². The fourth-order valence-corrected chi connectivity index (χ4v) is 4.79. The van der Waals surface area contributed by atoms with Gasteiger partial charge in [-0.2, -0.15) is 12.6 Å². The number of likely N-dealkylation sites (tertiary alicyclic amines) is 1. The van der Waals surface area contributed by atoms with Crippen LogP contribution in [0.3, 0.4) is 0 Å². The Kier molecular flexibility index (Phi) is 9.01. The molecule has 1 saturated heterocycles. The van der Waals surface area contributed by atoms with Crippen molar-refractivity contribution in [2.24, 2.45) is 0 Å². The standard InChI is InChI=1S/C19H30N2O5S2/c22-17(10-6-4-2-1-3-5-7-14-27)21-13-8-9-16(21)18(23)19(24)20-28(25,26)15-11-12-15/h5,7,15-16,27H,1-4,6,8-14H2,(H,20,24)/b7-5-. The van der Waals surface area contributed by atoms with E-state index >= 15 is 0 Å². The van der Waals surface area contributed by atoms with Crippen molar-refractivity contribution in [2.75, 3.05) is 12.3 Å². The molecule has 0 radical (unpaired) electrons. The summed E-state index contributed by atoms with van der Waals surface area (Å²) in [5, 5.41) is -0.570. The number of nitrogens with zero attached hydrogens (tertiary/aromatic N) is 1. The van der Waals surface area contributed by atoms with Gasteiger partial charge in [-0.15, -0.1) is 0 Å². The van der Waals surface area contributed by atoms with E-state index < -0.39 is 33.0 Å². The molecule has 2 rings (SSSR count). The molecule has 1 aliphatic heterocycles. The maximum Gasteiger partial charge on any atom is 0.303 e. The zero-order chi connectivity index (χ0) is 20.6. The van der Waals surface area contributed by atoms with Gasteiger partial charge < -0.3 is 4.90 Å². The Labute approximate surface area is 172 Å². The number of carbonyl (C=O) groups excluding carboxylic acids is 3. The van der Waals surface area contributed by atoms with Crippen LogP contribution in [-0.2, 0) is 24.4 Å². The lowest BCUT2D eigenvalue weighted by molar-refractivity contribution is -0.143. The van der Waals surface area contributed by atoms with E-state index in [0.29, 0.717) is 38.6 Å². The van der Waals surface area contributed by atoms with Crippen molar-refractivity contribution in [1.82, 2.24) is 9.62 Å². The van der Waals surface area contributed by atoms with Gasteiger partial charge in [-0.25, -0.2) is 13.1 Å². The van der Waals surface area contributed by atoms with Gasteiger partial charge in [0.2, 0.25) is 21.7 Å². The summed E-state index contributed by atoms with van der Waals surface area (Å²) in [5.41, 5.74) is 0. The van der Waals surface area contributed by atoms with Crippen LogP contribution in [0.2, 0.25) is 0 Å². The molecule has 2 fully saturated rings. The molecule has 0 aromatic carbocycles. The Morgan fingerprint density at radius 1 is 1.04 bits per heavy atom. The highest BCUT2D eigenvalue weighted by Crippen LogP contribution is 2.27. The number of hydrogen-bond acceptors (Lipinski definition) is 6. The molecule has 1 saturated carbocycles. The summed E-state index contributed by atoms with van der Waals surface area (Å²) >= 11 is 4.10. The molecule has 2 aliphatic rings. The third-order valence-corrected chi connectivity index (χ3v) is 7.11. The molecular weight excluding hydrogens is 400 g/mol. The summed E-state index contributed by atoms with van der Waals surface area (Å²) in [7, 11) is -3.76. The van der Waals surface area contributed by atoms with Crippen molar-refractivity contribution in [1.29, 1.82) is 0 Å². The van der Waals surface area contributed by atoms with Gasteiger partial charge in [0.05, 0.1) is 5.25 Å². The van der Waals surface area contributed by atoms with Crippen LogP contribution < -0.4 is 4.72 Å². The lowest BCUT2D eigenvalue weighted by Gasteiger charge is -2.23. The first-order valence-electron chi connectivity index (χ1n) is 10.0. The number of ketones is 1. The Hall–Kier alpha value is -1.35. The average Bonchev–Trinajstić information content (AvgIpc) is 3.41. The van der Waals surface area contributed by atoms with Crippen molar-refractivity contribution >= 4 is 40.2 Å². The Balaban J connectivity index is 1.74. The summed E-state index contributed by atoms with van der Waals surface area (Å²) in [6.45, 7) is 0.437. The molecule has 1 N–H and O–H groups in total. The maximum absolute atomic E-state index is 12.5. The van der Waals surface area contributed by atoms with Crippen LogP contribution in [0.5, 0.6) is 0 Å². The summed E-state index contributed by atoms with van der Waals surface area (Å²) < 4.78 is 25.6. The molecule has 0 spiro atoms. The maximum atomic E-state index is 12.5. The van der Waals surface area contributed by atoms with Gasteiger partial charge in [0.1, 0.15) is 6.04 Å². The predicted molar refractivity (Wildman–Crippen MR) is 111 cm³/mol. The highest BCUT2D eigenvalue weighted by molar-refractivity contribution is 7.91. The normalized spacial score (nSPS) is 19.9. The second-order valence-electron chi connectivity index (χ2n) is 7.39. The molecule has 7 nitrogen and oxygen atoms in total. The van der Waals surface area contributed by atoms with Crippen LogP contribution in [0, 0.1) is 0 Å². The van der Waals surface area contributed by atoms with Crippen molar-refractivity contribution in [3.05, 3.63) is 12.2 Å². The van der Waals surface area contributed by atoms with Crippen molar-refractivity contribution in [2.45, 2.75) is 75.5 Å². The second kappa shape index (κ2) is 11.0. The minimum absolute atomic E-state index is 0.135. The molecule has 1 unspecified atom stereocenters. The van der Waals surface area contributed by atoms with E-state index in [0.717, 1.165) is 37.9 Å². The highest BCUT2D eigenvalue weighted by Gasteiger charge is 2.41. The van der Waals surface area contributed by atoms with E-state index in [1.54, 1.807) is 0 Å². The molecule has 9 heteroatoms. The fourth-order valence-electron chi connectivity index (χ4n) is 3.36. The molecule has 1 aliphatic carbocycles. The molecule has 28 heavy (non-hydrogen) atoms. The Bertz CT molecular complexity index is 701. The number of nitrogens with one attached hydrogen (secondary N) is 1. The van der Waals surface area contributed by atoms with Crippen LogP contribution in [-0.4, -0.2) is 54.5 Å². The molecule has 0 bridgehead atoms. The number of amides is 2. The molecule has 0 aromatic rings. The van der Waals surface area contributed by atoms with Crippen molar-refractivity contribution in [3.8, 4) is 0 Å². The lowest BCUT2D eigenvalue weighted by Crippen LogP contribution is -2.48. The number of thiol groups is 1. The largest absolute Gasteiger partial charge is 0.332 e. The van der Waals surface area contributed by atoms with Crippen LogP contribution in [0.4, 0.5) is 0 Å². The van der Waals surface area contributed by atoms with E-state index in [9.17, 15) is 22.8 Å².